The number of amides is 1. The van der Waals surface area contributed by atoms with Crippen LogP contribution < -0.4 is 21.5 Å². The highest BCUT2D eigenvalue weighted by molar-refractivity contribution is 9.10. The normalized spacial score (nSPS) is 11.2. The van der Waals surface area contributed by atoms with Crippen molar-refractivity contribution in [1.29, 1.82) is 0 Å². The number of anilines is 3. The number of rotatable bonds is 13. The Hall–Kier alpha value is -3.14. The molecule has 2 heterocycles. The van der Waals surface area contributed by atoms with Crippen LogP contribution in [0.4, 0.5) is 16.8 Å². The minimum absolute atomic E-state index is 0.0809. The molecule has 1 amide bonds. The standard InChI is InChI=1S/C24H27BrN10OS3/c1-3-34(4-2)19-10-8-16(9-11-19)13-27-29-21-30-32-23(35(21)26)37-15-20(36)28-22-31-33-24(39-22)38-14-17-6-5-7-18(25)12-17/h5-13H,3-4,14-15,26H2,1-2H3,(H,29,30)(H,28,31,36)/b27-13+. The number of hydrogen-bond donors (Lipinski definition) is 3. The lowest BCUT2D eigenvalue weighted by Crippen LogP contribution is -2.21. The van der Waals surface area contributed by atoms with Crippen LogP contribution in [0.1, 0.15) is 25.0 Å². The summed E-state index contributed by atoms with van der Waals surface area (Å²) in [5.74, 6) is 6.92. The van der Waals surface area contributed by atoms with Gasteiger partial charge in [0, 0.05) is 29.0 Å². The van der Waals surface area contributed by atoms with Crippen LogP contribution in [0.5, 0.6) is 0 Å². The minimum Gasteiger partial charge on any atom is -0.372 e. The lowest BCUT2D eigenvalue weighted by molar-refractivity contribution is -0.113. The van der Waals surface area contributed by atoms with Crippen LogP contribution in [0.15, 0.2) is 67.6 Å². The van der Waals surface area contributed by atoms with E-state index >= 15 is 0 Å². The van der Waals surface area contributed by atoms with E-state index in [9.17, 15) is 4.79 Å². The van der Waals surface area contributed by atoms with E-state index < -0.39 is 0 Å². The van der Waals surface area contributed by atoms with Gasteiger partial charge in [-0.05, 0) is 49.2 Å². The molecule has 0 aliphatic rings. The number of benzene rings is 2. The SMILES string of the molecule is CCN(CC)c1ccc(/C=N/Nc2nnc(SCC(=O)Nc3nnc(SCc4cccc(Br)c4)s3)n2N)cc1. The number of thioether (sulfide) groups is 2. The highest BCUT2D eigenvalue weighted by Crippen LogP contribution is 2.29. The van der Waals surface area contributed by atoms with Gasteiger partial charge in [0.2, 0.25) is 16.2 Å². The molecule has 11 nitrogen and oxygen atoms in total. The Morgan fingerprint density at radius 3 is 2.67 bits per heavy atom. The summed E-state index contributed by atoms with van der Waals surface area (Å²) in [5.41, 5.74) is 6.05. The molecule has 0 radical (unpaired) electrons. The second-order valence-corrected chi connectivity index (χ2v) is 12.0. The summed E-state index contributed by atoms with van der Waals surface area (Å²) in [6.07, 6.45) is 1.67. The van der Waals surface area contributed by atoms with Crippen LogP contribution in [0.2, 0.25) is 0 Å². The minimum atomic E-state index is -0.247. The number of carbonyl (C=O) groups is 1. The molecule has 0 saturated carbocycles. The molecule has 0 atom stereocenters. The number of hydrogen-bond acceptors (Lipinski definition) is 12. The van der Waals surface area contributed by atoms with Crippen molar-refractivity contribution in [1.82, 2.24) is 25.1 Å². The summed E-state index contributed by atoms with van der Waals surface area (Å²) in [6, 6.07) is 16.2. The van der Waals surface area contributed by atoms with Crippen LogP contribution in [0.25, 0.3) is 0 Å². The van der Waals surface area contributed by atoms with Crippen LogP contribution in [-0.2, 0) is 10.5 Å². The fraction of sp³-hybridized carbons (Fsp3) is 0.250. The zero-order chi connectivity index (χ0) is 27.6. The first-order valence-corrected chi connectivity index (χ1v) is 15.5. The van der Waals surface area contributed by atoms with Gasteiger partial charge in [0.05, 0.1) is 12.0 Å². The summed E-state index contributed by atoms with van der Waals surface area (Å²) in [6.45, 7) is 6.17. The van der Waals surface area contributed by atoms with Crippen molar-refractivity contribution in [2.75, 3.05) is 40.3 Å². The van der Waals surface area contributed by atoms with Gasteiger partial charge < -0.3 is 10.7 Å². The molecule has 0 saturated heterocycles. The maximum atomic E-state index is 12.4. The number of hydrazone groups is 1. The van der Waals surface area contributed by atoms with Gasteiger partial charge in [-0.1, -0.05) is 75.1 Å². The molecule has 4 N–H and O–H groups in total. The Morgan fingerprint density at radius 1 is 1.13 bits per heavy atom. The molecule has 0 bridgehead atoms. The van der Waals surface area contributed by atoms with Crippen LogP contribution in [0, 0.1) is 0 Å². The predicted octanol–water partition coefficient (Wildman–Crippen LogP) is 4.92. The zero-order valence-corrected chi connectivity index (χ0v) is 25.3. The van der Waals surface area contributed by atoms with E-state index in [-0.39, 0.29) is 17.6 Å². The van der Waals surface area contributed by atoms with Crippen molar-refractivity contribution in [2.45, 2.75) is 29.1 Å². The first-order valence-electron chi connectivity index (χ1n) is 11.9. The molecule has 0 aliphatic heterocycles. The number of carbonyl (C=O) groups excluding carboxylic acids is 1. The summed E-state index contributed by atoms with van der Waals surface area (Å²) >= 11 is 7.51. The second-order valence-electron chi connectivity index (χ2n) is 7.94. The number of nitrogens with zero attached hydrogens (tertiary/aromatic N) is 7. The molecule has 15 heteroatoms. The van der Waals surface area contributed by atoms with Gasteiger partial charge in [0.25, 0.3) is 5.95 Å². The molecule has 0 fully saturated rings. The van der Waals surface area contributed by atoms with Crippen molar-refractivity contribution in [3.63, 3.8) is 0 Å². The van der Waals surface area contributed by atoms with Gasteiger partial charge in [-0.2, -0.15) is 5.10 Å². The lowest BCUT2D eigenvalue weighted by Gasteiger charge is -2.20. The van der Waals surface area contributed by atoms with Crippen molar-refractivity contribution >= 4 is 79.7 Å². The van der Waals surface area contributed by atoms with E-state index in [2.05, 4.69) is 89.1 Å². The third-order valence-corrected chi connectivity index (χ3v) is 8.78. The number of nitrogens with one attached hydrogen (secondary N) is 2. The molecule has 0 aliphatic carbocycles. The maximum Gasteiger partial charge on any atom is 0.264 e. The first kappa shape index (κ1) is 28.9. The third kappa shape index (κ3) is 8.42. The number of aromatic nitrogens is 5. The van der Waals surface area contributed by atoms with Crippen molar-refractivity contribution in [3.8, 4) is 0 Å². The Balaban J connectivity index is 1.22. The van der Waals surface area contributed by atoms with E-state index in [0.717, 1.165) is 45.0 Å². The van der Waals surface area contributed by atoms with E-state index in [1.165, 1.54) is 27.3 Å². The first-order chi connectivity index (χ1) is 18.9. The van der Waals surface area contributed by atoms with Gasteiger partial charge >= 0.3 is 0 Å². The van der Waals surface area contributed by atoms with E-state index in [1.54, 1.807) is 18.0 Å². The zero-order valence-electron chi connectivity index (χ0n) is 21.2. The Morgan fingerprint density at radius 2 is 1.92 bits per heavy atom. The van der Waals surface area contributed by atoms with Crippen LogP contribution in [0.3, 0.4) is 0 Å². The topological polar surface area (TPSA) is 139 Å². The fourth-order valence-electron chi connectivity index (χ4n) is 3.35. The summed E-state index contributed by atoms with van der Waals surface area (Å²) in [4.78, 5) is 14.7. The number of nitrogens with two attached hydrogens (primary N) is 1. The van der Waals surface area contributed by atoms with Gasteiger partial charge in [-0.25, -0.2) is 10.1 Å². The van der Waals surface area contributed by atoms with Gasteiger partial charge in [-0.3, -0.25) is 10.1 Å². The van der Waals surface area contributed by atoms with E-state index in [0.29, 0.717) is 10.3 Å². The molecule has 204 valence electrons. The van der Waals surface area contributed by atoms with Crippen molar-refractivity contribution in [2.24, 2.45) is 5.10 Å². The average molecular weight is 648 g/mol. The summed E-state index contributed by atoms with van der Waals surface area (Å²) in [7, 11) is 0. The monoisotopic (exact) mass is 646 g/mol. The molecule has 39 heavy (non-hydrogen) atoms. The molecule has 2 aromatic heterocycles. The quantitative estimate of drug-likeness (QED) is 0.0603. The smallest absolute Gasteiger partial charge is 0.264 e. The molecule has 2 aromatic carbocycles. The van der Waals surface area contributed by atoms with Crippen LogP contribution >= 0.6 is 50.8 Å². The van der Waals surface area contributed by atoms with Crippen LogP contribution in [-0.4, -0.2) is 56.0 Å². The largest absolute Gasteiger partial charge is 0.372 e. The maximum absolute atomic E-state index is 12.4. The Bertz CT molecular complexity index is 1410. The highest BCUT2D eigenvalue weighted by Gasteiger charge is 2.14. The Labute approximate surface area is 247 Å². The molecule has 4 aromatic rings. The fourth-order valence-corrected chi connectivity index (χ4v) is 6.17. The van der Waals surface area contributed by atoms with Gasteiger partial charge in [0.1, 0.15) is 0 Å². The van der Waals surface area contributed by atoms with Gasteiger partial charge in [0.15, 0.2) is 4.34 Å². The van der Waals surface area contributed by atoms with Crippen molar-refractivity contribution < 1.29 is 4.79 Å². The molecular formula is C24H27BrN10OS3. The summed E-state index contributed by atoms with van der Waals surface area (Å²) in [5, 5.41) is 24.0. The van der Waals surface area contributed by atoms with E-state index in [1.807, 2.05) is 30.3 Å². The average Bonchev–Trinajstić information content (AvgIpc) is 3.53. The predicted molar refractivity (Wildman–Crippen MR) is 164 cm³/mol. The second kappa shape index (κ2) is 14.3. The third-order valence-electron chi connectivity index (χ3n) is 5.30. The van der Waals surface area contributed by atoms with Crippen molar-refractivity contribution in [3.05, 3.63) is 64.1 Å². The molecule has 4 rings (SSSR count). The molecular weight excluding hydrogens is 620 g/mol. The lowest BCUT2D eigenvalue weighted by atomic mass is 10.2. The molecule has 0 unspecified atom stereocenters. The number of nitrogen functional groups attached to an aromatic ring is 1. The number of halogens is 1. The molecule has 0 spiro atoms. The van der Waals surface area contributed by atoms with Gasteiger partial charge in [-0.15, -0.1) is 20.4 Å². The van der Waals surface area contributed by atoms with E-state index in [4.69, 9.17) is 5.84 Å². The Kier molecular flexibility index (Phi) is 10.6. The highest BCUT2D eigenvalue weighted by atomic mass is 79.9. The summed E-state index contributed by atoms with van der Waals surface area (Å²) < 4.78 is 3.06.